The van der Waals surface area contributed by atoms with E-state index in [0.717, 1.165) is 11.1 Å². The van der Waals surface area contributed by atoms with Crippen molar-refractivity contribution in [3.63, 3.8) is 0 Å². The van der Waals surface area contributed by atoms with Crippen LogP contribution in [0.4, 0.5) is 5.69 Å². The molecule has 1 aliphatic heterocycles. The molecule has 1 aliphatic rings. The zero-order chi connectivity index (χ0) is 19.6. The van der Waals surface area contributed by atoms with Gasteiger partial charge in [-0.05, 0) is 18.2 Å². The molecule has 6 heteroatoms. The molecule has 3 aromatic carbocycles. The van der Waals surface area contributed by atoms with E-state index in [4.69, 9.17) is 27.9 Å². The molecular weight excluding hydrogens is 412 g/mol. The highest BCUT2D eigenvalue weighted by Gasteiger charge is 2.27. The number of ether oxygens (including phenoxy) is 1. The molecule has 1 heterocycles. The molecule has 0 amide bonds. The van der Waals surface area contributed by atoms with Crippen LogP contribution in [0.15, 0.2) is 90.5 Å². The Morgan fingerprint density at radius 1 is 0.750 bits per heavy atom. The van der Waals surface area contributed by atoms with Crippen LogP contribution in [0.25, 0.3) is 11.5 Å². The summed E-state index contributed by atoms with van der Waals surface area (Å²) in [5.41, 5.74) is 2.18. The summed E-state index contributed by atoms with van der Waals surface area (Å²) in [4.78, 5) is 0. The summed E-state index contributed by atoms with van der Waals surface area (Å²) in [5.74, 6) is 4.28. The molecule has 0 aliphatic carbocycles. The zero-order valence-corrected chi connectivity index (χ0v) is 17.1. The van der Waals surface area contributed by atoms with E-state index in [2.05, 4.69) is 5.09 Å². The number of rotatable bonds is 4. The highest BCUT2D eigenvalue weighted by Crippen LogP contribution is 2.56. The fraction of sp³-hybridized carbons (Fsp3) is 0. The van der Waals surface area contributed by atoms with E-state index in [1.165, 1.54) is 0 Å². The largest absolute Gasteiger partial charge is 0.456 e. The molecule has 3 aromatic rings. The van der Waals surface area contributed by atoms with Crippen molar-refractivity contribution < 1.29 is 9.30 Å². The molecule has 0 aromatic heterocycles. The van der Waals surface area contributed by atoms with Gasteiger partial charge in [0.25, 0.3) is 0 Å². The van der Waals surface area contributed by atoms with E-state index in [-0.39, 0.29) is 0 Å². The molecule has 3 nitrogen and oxygen atoms in total. The second kappa shape index (κ2) is 7.89. The molecule has 0 saturated carbocycles. The van der Waals surface area contributed by atoms with Gasteiger partial charge in [-0.1, -0.05) is 83.9 Å². The quantitative estimate of drug-likeness (QED) is 0.433. The Morgan fingerprint density at radius 2 is 1.29 bits per heavy atom. The molecule has 0 spiro atoms. The molecule has 0 radical (unpaired) electrons. The normalized spacial score (nSPS) is 15.2. The van der Waals surface area contributed by atoms with Crippen molar-refractivity contribution in [2.24, 2.45) is 0 Å². The van der Waals surface area contributed by atoms with Crippen molar-refractivity contribution in [1.29, 1.82) is 0 Å². The van der Waals surface area contributed by atoms with Gasteiger partial charge in [0.2, 0.25) is 7.29 Å². The molecule has 0 fully saturated rings. The molecule has 0 atom stereocenters. The van der Waals surface area contributed by atoms with E-state index >= 15 is 0 Å². The van der Waals surface area contributed by atoms with Crippen molar-refractivity contribution in [3.8, 4) is 0 Å². The van der Waals surface area contributed by atoms with Gasteiger partial charge in [0.1, 0.15) is 11.5 Å². The zero-order valence-electron chi connectivity index (χ0n) is 14.7. The van der Waals surface area contributed by atoms with Crippen LogP contribution in [0.5, 0.6) is 0 Å². The monoisotopic (exact) mass is 427 g/mol. The third-order valence-electron chi connectivity index (χ3n) is 4.18. The van der Waals surface area contributed by atoms with E-state index in [0.29, 0.717) is 27.3 Å². The Morgan fingerprint density at radius 3 is 1.82 bits per heavy atom. The van der Waals surface area contributed by atoms with E-state index < -0.39 is 7.29 Å². The van der Waals surface area contributed by atoms with Gasteiger partial charge in [0, 0.05) is 27.8 Å². The summed E-state index contributed by atoms with van der Waals surface area (Å²) in [7, 11) is -3.17. The van der Waals surface area contributed by atoms with Gasteiger partial charge in [0.05, 0.1) is 10.7 Å². The summed E-state index contributed by atoms with van der Waals surface area (Å²) in [6.45, 7) is 0. The molecule has 28 heavy (non-hydrogen) atoms. The van der Waals surface area contributed by atoms with Gasteiger partial charge >= 0.3 is 0 Å². The van der Waals surface area contributed by atoms with Gasteiger partial charge in [-0.3, -0.25) is 4.57 Å². The maximum absolute atomic E-state index is 13.8. The maximum atomic E-state index is 13.8. The summed E-state index contributed by atoms with van der Waals surface area (Å²) in [6.07, 6.45) is 0. The van der Waals surface area contributed by atoms with Crippen LogP contribution >= 0.6 is 30.5 Å². The van der Waals surface area contributed by atoms with Crippen molar-refractivity contribution in [2.75, 3.05) is 5.09 Å². The van der Waals surface area contributed by atoms with E-state index in [9.17, 15) is 4.57 Å². The van der Waals surface area contributed by atoms with Crippen LogP contribution < -0.4 is 5.09 Å². The second-order valence-electron chi connectivity index (χ2n) is 6.27. The fourth-order valence-electron chi connectivity index (χ4n) is 2.86. The Balaban J connectivity index is 1.80. The Kier molecular flexibility index (Phi) is 5.32. The molecular formula is C22H16Cl2NO2P. The number of nitrogens with one attached hydrogen (secondary N) is 1. The lowest BCUT2D eigenvalue weighted by Crippen LogP contribution is -2.03. The van der Waals surface area contributed by atoms with Gasteiger partial charge in [0.15, 0.2) is 0 Å². The molecule has 1 N–H and O–H groups in total. The highest BCUT2D eigenvalue weighted by molar-refractivity contribution is 7.72. The van der Waals surface area contributed by atoms with Crippen LogP contribution in [0.2, 0.25) is 10.0 Å². The standard InChI is InChI=1S/C22H16Cl2NO2P/c23-18-11-12-19(24)20(13-18)25-28(26)14-21(16-7-3-1-4-8-16)27-22(15-28)17-9-5-2-6-10-17/h1-15H,(H,25,26). The minimum absolute atomic E-state index is 0.440. The lowest BCUT2D eigenvalue weighted by molar-refractivity contribution is 0.469. The Hall–Kier alpha value is -2.45. The topological polar surface area (TPSA) is 38.3 Å². The Labute approximate surface area is 173 Å². The molecule has 0 unspecified atom stereocenters. The van der Waals surface area contributed by atoms with Crippen LogP contribution in [0, 0.1) is 0 Å². The first kappa shape index (κ1) is 18.9. The SMILES string of the molecule is O=P1(Nc2cc(Cl)ccc2Cl)C=C(c2ccccc2)OC(c2ccccc2)=C1. The molecule has 0 saturated heterocycles. The minimum atomic E-state index is -3.17. The number of hydrogen-bond donors (Lipinski definition) is 1. The van der Waals surface area contributed by atoms with Crippen LogP contribution in [0.1, 0.15) is 11.1 Å². The molecule has 4 rings (SSSR count). The number of anilines is 1. The first-order chi connectivity index (χ1) is 13.5. The van der Waals surface area contributed by atoms with E-state index in [1.807, 2.05) is 60.7 Å². The number of halogens is 2. The average molecular weight is 428 g/mol. The third-order valence-corrected chi connectivity index (χ3v) is 6.57. The average Bonchev–Trinajstić information content (AvgIpc) is 2.71. The maximum Gasteiger partial charge on any atom is 0.220 e. The van der Waals surface area contributed by atoms with E-state index in [1.54, 1.807) is 29.8 Å². The van der Waals surface area contributed by atoms with Crippen molar-refractivity contribution in [2.45, 2.75) is 0 Å². The molecule has 0 bridgehead atoms. The second-order valence-corrected chi connectivity index (χ2v) is 9.27. The third kappa shape index (κ3) is 4.18. The number of benzene rings is 3. The lowest BCUT2D eigenvalue weighted by Gasteiger charge is -2.24. The smallest absolute Gasteiger partial charge is 0.220 e. The van der Waals surface area contributed by atoms with Gasteiger partial charge in [-0.2, -0.15) is 0 Å². The molecule has 140 valence electrons. The van der Waals surface area contributed by atoms with Gasteiger partial charge < -0.3 is 9.82 Å². The lowest BCUT2D eigenvalue weighted by atomic mass is 10.2. The summed E-state index contributed by atoms with van der Waals surface area (Å²) in [5, 5.41) is 4.02. The predicted molar refractivity (Wildman–Crippen MR) is 118 cm³/mol. The van der Waals surface area contributed by atoms with Crippen LogP contribution in [-0.2, 0) is 9.30 Å². The minimum Gasteiger partial charge on any atom is -0.456 e. The highest BCUT2D eigenvalue weighted by atomic mass is 35.5. The van der Waals surface area contributed by atoms with Crippen molar-refractivity contribution >= 4 is 47.7 Å². The fourth-order valence-corrected chi connectivity index (χ4v) is 5.13. The van der Waals surface area contributed by atoms with Crippen LogP contribution in [0.3, 0.4) is 0 Å². The summed E-state index contributed by atoms with van der Waals surface area (Å²) >= 11 is 12.4. The van der Waals surface area contributed by atoms with Gasteiger partial charge in [-0.25, -0.2) is 0 Å². The Bertz CT molecular complexity index is 1050. The predicted octanol–water partition coefficient (Wildman–Crippen LogP) is 7.71. The number of hydrogen-bond acceptors (Lipinski definition) is 2. The summed E-state index contributed by atoms with van der Waals surface area (Å²) in [6, 6.07) is 24.1. The van der Waals surface area contributed by atoms with Crippen molar-refractivity contribution in [1.82, 2.24) is 0 Å². The van der Waals surface area contributed by atoms with Crippen LogP contribution in [-0.4, -0.2) is 0 Å². The first-order valence-electron chi connectivity index (χ1n) is 8.60. The van der Waals surface area contributed by atoms with Crippen molar-refractivity contribution in [3.05, 3.63) is 112 Å². The van der Waals surface area contributed by atoms with Gasteiger partial charge in [-0.15, -0.1) is 0 Å². The first-order valence-corrected chi connectivity index (χ1v) is 11.2. The summed E-state index contributed by atoms with van der Waals surface area (Å²) < 4.78 is 19.9.